The Labute approximate surface area is 156 Å². The van der Waals surface area contributed by atoms with Crippen LogP contribution in [-0.4, -0.2) is 49.4 Å². The molecule has 5 nitrogen and oxygen atoms in total. The average Bonchev–Trinajstić information content (AvgIpc) is 3.07. The van der Waals surface area contributed by atoms with Gasteiger partial charge in [-0.3, -0.25) is 9.59 Å². The fourth-order valence-electron chi connectivity index (χ4n) is 3.78. The van der Waals surface area contributed by atoms with Crippen LogP contribution in [0.3, 0.4) is 0 Å². The van der Waals surface area contributed by atoms with Crippen LogP contribution in [0.4, 0.5) is 5.69 Å². The van der Waals surface area contributed by atoms with Gasteiger partial charge in [0.1, 0.15) is 0 Å². The number of likely N-dealkylation sites (tertiary alicyclic amines) is 1. The molecule has 2 saturated heterocycles. The number of anilines is 1. The maximum absolute atomic E-state index is 12.1. The SMILES string of the molecule is CC1CCN(CCCNC(=O)Cc2ccc(N3CCCC3=O)cc2)CC1. The van der Waals surface area contributed by atoms with Crippen molar-refractivity contribution in [1.82, 2.24) is 10.2 Å². The molecule has 0 aromatic heterocycles. The van der Waals surface area contributed by atoms with Gasteiger partial charge in [-0.15, -0.1) is 0 Å². The molecular weight excluding hydrogens is 326 g/mol. The monoisotopic (exact) mass is 357 g/mol. The summed E-state index contributed by atoms with van der Waals surface area (Å²) in [5, 5.41) is 3.03. The number of nitrogens with one attached hydrogen (secondary N) is 1. The smallest absolute Gasteiger partial charge is 0.227 e. The Morgan fingerprint density at radius 3 is 2.54 bits per heavy atom. The lowest BCUT2D eigenvalue weighted by molar-refractivity contribution is -0.120. The molecule has 1 N–H and O–H groups in total. The standard InChI is InChI=1S/C21H31N3O2/c1-17-9-14-23(15-10-17)12-3-11-22-20(25)16-18-5-7-19(8-6-18)24-13-2-4-21(24)26/h5-8,17H,2-4,9-16H2,1H3,(H,22,25). The maximum atomic E-state index is 12.1. The quantitative estimate of drug-likeness (QED) is 0.763. The number of rotatable bonds is 7. The molecule has 0 saturated carbocycles. The molecule has 2 amide bonds. The minimum Gasteiger partial charge on any atom is -0.356 e. The number of hydrogen-bond acceptors (Lipinski definition) is 3. The van der Waals surface area contributed by atoms with Gasteiger partial charge >= 0.3 is 0 Å². The summed E-state index contributed by atoms with van der Waals surface area (Å²) >= 11 is 0. The van der Waals surface area contributed by atoms with E-state index in [1.165, 1.54) is 25.9 Å². The molecule has 2 aliphatic rings. The Kier molecular flexibility index (Phi) is 6.67. The summed E-state index contributed by atoms with van der Waals surface area (Å²) in [6.45, 7) is 7.33. The van der Waals surface area contributed by atoms with Crippen molar-refractivity contribution >= 4 is 17.5 Å². The summed E-state index contributed by atoms with van der Waals surface area (Å²) in [6.07, 6.45) is 5.57. The van der Waals surface area contributed by atoms with Crippen LogP contribution in [0, 0.1) is 5.92 Å². The zero-order valence-electron chi connectivity index (χ0n) is 15.9. The number of nitrogens with zero attached hydrogens (tertiary/aromatic N) is 2. The van der Waals surface area contributed by atoms with E-state index in [-0.39, 0.29) is 11.8 Å². The number of benzene rings is 1. The van der Waals surface area contributed by atoms with Gasteiger partial charge in [-0.25, -0.2) is 0 Å². The summed E-state index contributed by atoms with van der Waals surface area (Å²) in [6, 6.07) is 7.80. The van der Waals surface area contributed by atoms with E-state index in [0.717, 1.165) is 49.6 Å². The summed E-state index contributed by atoms with van der Waals surface area (Å²) in [4.78, 5) is 28.2. The van der Waals surface area contributed by atoms with Gasteiger partial charge in [0.05, 0.1) is 6.42 Å². The van der Waals surface area contributed by atoms with E-state index in [4.69, 9.17) is 0 Å². The molecule has 0 bridgehead atoms. The molecule has 0 atom stereocenters. The first kappa shape index (κ1) is 18.9. The Morgan fingerprint density at radius 2 is 1.88 bits per heavy atom. The second kappa shape index (κ2) is 9.17. The van der Waals surface area contributed by atoms with E-state index in [9.17, 15) is 9.59 Å². The summed E-state index contributed by atoms with van der Waals surface area (Å²) < 4.78 is 0. The maximum Gasteiger partial charge on any atom is 0.227 e. The molecule has 0 spiro atoms. The van der Waals surface area contributed by atoms with Crippen LogP contribution >= 0.6 is 0 Å². The molecule has 2 aliphatic heterocycles. The van der Waals surface area contributed by atoms with Gasteiger partial charge < -0.3 is 15.1 Å². The summed E-state index contributed by atoms with van der Waals surface area (Å²) in [7, 11) is 0. The van der Waals surface area contributed by atoms with Crippen molar-refractivity contribution in [3.05, 3.63) is 29.8 Å². The molecule has 0 aliphatic carbocycles. The Hall–Kier alpha value is -1.88. The van der Waals surface area contributed by atoms with Crippen molar-refractivity contribution in [3.8, 4) is 0 Å². The highest BCUT2D eigenvalue weighted by molar-refractivity contribution is 5.95. The van der Waals surface area contributed by atoms with Gasteiger partial charge in [-0.05, 0) is 68.9 Å². The first-order valence-corrected chi connectivity index (χ1v) is 10.00. The van der Waals surface area contributed by atoms with Crippen molar-refractivity contribution < 1.29 is 9.59 Å². The summed E-state index contributed by atoms with van der Waals surface area (Å²) in [5.41, 5.74) is 1.93. The van der Waals surface area contributed by atoms with Crippen molar-refractivity contribution in [2.75, 3.05) is 37.6 Å². The van der Waals surface area contributed by atoms with E-state index < -0.39 is 0 Å². The third-order valence-corrected chi connectivity index (χ3v) is 5.54. The lowest BCUT2D eigenvalue weighted by Gasteiger charge is -2.30. The normalized spacial score (nSPS) is 19.1. The third-order valence-electron chi connectivity index (χ3n) is 5.54. The highest BCUT2D eigenvalue weighted by Gasteiger charge is 2.21. The van der Waals surface area contributed by atoms with Gasteiger partial charge in [-0.1, -0.05) is 19.1 Å². The minimum absolute atomic E-state index is 0.0715. The van der Waals surface area contributed by atoms with Crippen molar-refractivity contribution in [3.63, 3.8) is 0 Å². The molecule has 142 valence electrons. The fraction of sp³-hybridized carbons (Fsp3) is 0.619. The molecule has 26 heavy (non-hydrogen) atoms. The molecule has 2 heterocycles. The van der Waals surface area contributed by atoms with Crippen LogP contribution in [0.15, 0.2) is 24.3 Å². The Morgan fingerprint density at radius 1 is 1.15 bits per heavy atom. The number of hydrogen-bond donors (Lipinski definition) is 1. The number of carbonyl (C=O) groups is 2. The highest BCUT2D eigenvalue weighted by atomic mass is 16.2. The average molecular weight is 357 g/mol. The van der Waals surface area contributed by atoms with E-state index in [1.807, 2.05) is 29.2 Å². The lowest BCUT2D eigenvalue weighted by atomic mass is 9.99. The topological polar surface area (TPSA) is 52.7 Å². The van der Waals surface area contributed by atoms with Gasteiger partial charge in [0.2, 0.25) is 11.8 Å². The second-order valence-electron chi connectivity index (χ2n) is 7.72. The first-order chi connectivity index (χ1) is 12.6. The van der Waals surface area contributed by atoms with E-state index >= 15 is 0 Å². The molecule has 3 rings (SSSR count). The molecule has 5 heteroatoms. The minimum atomic E-state index is 0.0715. The van der Waals surface area contributed by atoms with Gasteiger partial charge in [0.25, 0.3) is 0 Å². The molecule has 2 fully saturated rings. The van der Waals surface area contributed by atoms with Crippen LogP contribution in [0.25, 0.3) is 0 Å². The van der Waals surface area contributed by atoms with Crippen molar-refractivity contribution in [2.45, 2.75) is 45.4 Å². The van der Waals surface area contributed by atoms with E-state index in [0.29, 0.717) is 12.8 Å². The van der Waals surface area contributed by atoms with Gasteiger partial charge in [0.15, 0.2) is 0 Å². The first-order valence-electron chi connectivity index (χ1n) is 10.00. The number of amides is 2. The fourth-order valence-corrected chi connectivity index (χ4v) is 3.78. The Balaban J connectivity index is 1.35. The largest absolute Gasteiger partial charge is 0.356 e. The van der Waals surface area contributed by atoms with Crippen LogP contribution < -0.4 is 10.2 Å². The summed E-state index contributed by atoms with van der Waals surface area (Å²) in [5.74, 6) is 1.13. The van der Waals surface area contributed by atoms with Crippen molar-refractivity contribution in [2.24, 2.45) is 5.92 Å². The number of piperidine rings is 1. The van der Waals surface area contributed by atoms with Crippen molar-refractivity contribution in [1.29, 1.82) is 0 Å². The third kappa shape index (κ3) is 5.31. The highest BCUT2D eigenvalue weighted by Crippen LogP contribution is 2.21. The van der Waals surface area contributed by atoms with Crippen LogP contribution in [0.1, 0.15) is 44.6 Å². The lowest BCUT2D eigenvalue weighted by Crippen LogP contribution is -2.35. The Bertz CT molecular complexity index is 606. The van der Waals surface area contributed by atoms with E-state index in [2.05, 4.69) is 17.1 Å². The zero-order valence-corrected chi connectivity index (χ0v) is 15.9. The van der Waals surface area contributed by atoms with Gasteiger partial charge in [0, 0.05) is 25.2 Å². The zero-order chi connectivity index (χ0) is 18.4. The van der Waals surface area contributed by atoms with Crippen LogP contribution in [-0.2, 0) is 16.0 Å². The van der Waals surface area contributed by atoms with Gasteiger partial charge in [-0.2, -0.15) is 0 Å². The molecule has 1 aromatic rings. The number of carbonyl (C=O) groups excluding carboxylic acids is 2. The molecule has 0 radical (unpaired) electrons. The molecular formula is C21H31N3O2. The molecule has 1 aromatic carbocycles. The predicted molar refractivity (Wildman–Crippen MR) is 104 cm³/mol. The predicted octanol–water partition coefficient (Wildman–Crippen LogP) is 2.59. The van der Waals surface area contributed by atoms with E-state index in [1.54, 1.807) is 0 Å². The molecule has 0 unspecified atom stereocenters. The van der Waals surface area contributed by atoms with Crippen LogP contribution in [0.2, 0.25) is 0 Å². The second-order valence-corrected chi connectivity index (χ2v) is 7.72. The van der Waals surface area contributed by atoms with Crippen LogP contribution in [0.5, 0.6) is 0 Å².